The molecule has 3 aromatic carbocycles. The predicted molar refractivity (Wildman–Crippen MR) is 102 cm³/mol. The predicted octanol–water partition coefficient (Wildman–Crippen LogP) is 5.64. The molecule has 0 atom stereocenters. The first kappa shape index (κ1) is 16.1. The number of nitrogens with one attached hydrogen (secondary N) is 1. The fraction of sp³-hybridized carbons (Fsp3) is 0.105. The van der Waals surface area contributed by atoms with Crippen LogP contribution in [0.2, 0.25) is 0 Å². The Morgan fingerprint density at radius 2 is 1.87 bits per heavy atom. The monoisotopic (exact) mass is 385 g/mol. The molecule has 0 heterocycles. The van der Waals surface area contributed by atoms with Crippen molar-refractivity contribution in [2.24, 2.45) is 0 Å². The highest BCUT2D eigenvalue weighted by Gasteiger charge is 2.08. The van der Waals surface area contributed by atoms with Gasteiger partial charge in [-0.1, -0.05) is 52.3 Å². The Morgan fingerprint density at radius 1 is 1.09 bits per heavy atom. The second-order valence-corrected chi connectivity index (χ2v) is 7.21. The molecular formula is C19H16BrNOS. The fourth-order valence-corrected chi connectivity index (χ4v) is 3.77. The molecule has 0 fully saturated rings. The van der Waals surface area contributed by atoms with Gasteiger partial charge in [0.05, 0.1) is 5.75 Å². The lowest BCUT2D eigenvalue weighted by molar-refractivity contribution is -0.113. The Balaban J connectivity index is 1.69. The molecule has 3 aromatic rings. The van der Waals surface area contributed by atoms with Crippen LogP contribution in [0.5, 0.6) is 0 Å². The van der Waals surface area contributed by atoms with Crippen molar-refractivity contribution in [2.75, 3.05) is 11.1 Å². The van der Waals surface area contributed by atoms with Crippen molar-refractivity contribution >= 4 is 50.1 Å². The second-order valence-electron chi connectivity index (χ2n) is 5.27. The number of benzene rings is 3. The van der Waals surface area contributed by atoms with Crippen LogP contribution in [-0.4, -0.2) is 11.7 Å². The molecule has 0 aromatic heterocycles. The van der Waals surface area contributed by atoms with Gasteiger partial charge >= 0.3 is 0 Å². The fourth-order valence-electron chi connectivity index (χ4n) is 2.42. The van der Waals surface area contributed by atoms with Gasteiger partial charge < -0.3 is 5.32 Å². The highest BCUT2D eigenvalue weighted by molar-refractivity contribution is 9.10. The number of aryl methyl sites for hydroxylation is 1. The van der Waals surface area contributed by atoms with Gasteiger partial charge in [0.2, 0.25) is 5.91 Å². The van der Waals surface area contributed by atoms with E-state index in [9.17, 15) is 4.79 Å². The van der Waals surface area contributed by atoms with Crippen molar-refractivity contribution in [1.82, 2.24) is 0 Å². The summed E-state index contributed by atoms with van der Waals surface area (Å²) in [6.07, 6.45) is 0. The third-order valence-corrected chi connectivity index (χ3v) is 5.14. The van der Waals surface area contributed by atoms with E-state index in [0.717, 1.165) is 20.6 Å². The number of hydrogen-bond donors (Lipinski definition) is 1. The van der Waals surface area contributed by atoms with E-state index >= 15 is 0 Å². The van der Waals surface area contributed by atoms with Gasteiger partial charge in [-0.3, -0.25) is 4.79 Å². The van der Waals surface area contributed by atoms with Gasteiger partial charge in [0.25, 0.3) is 0 Å². The Labute approximate surface area is 148 Å². The zero-order valence-electron chi connectivity index (χ0n) is 12.7. The molecule has 23 heavy (non-hydrogen) atoms. The molecule has 1 N–H and O–H groups in total. The first-order valence-corrected chi connectivity index (χ1v) is 9.08. The summed E-state index contributed by atoms with van der Waals surface area (Å²) in [5.74, 6) is 0.400. The Morgan fingerprint density at radius 3 is 2.70 bits per heavy atom. The lowest BCUT2D eigenvalue weighted by Crippen LogP contribution is -2.14. The minimum absolute atomic E-state index is 0.00774. The van der Waals surface area contributed by atoms with Gasteiger partial charge in [0.15, 0.2) is 0 Å². The van der Waals surface area contributed by atoms with E-state index in [4.69, 9.17) is 0 Å². The molecule has 0 aliphatic heterocycles. The van der Waals surface area contributed by atoms with Gasteiger partial charge in [-0.05, 0) is 47.5 Å². The highest BCUT2D eigenvalue weighted by Crippen LogP contribution is 2.28. The van der Waals surface area contributed by atoms with E-state index in [-0.39, 0.29) is 5.91 Å². The minimum atomic E-state index is 0.00774. The van der Waals surface area contributed by atoms with E-state index in [1.54, 1.807) is 11.8 Å². The number of rotatable bonds is 4. The zero-order valence-corrected chi connectivity index (χ0v) is 15.1. The highest BCUT2D eigenvalue weighted by atomic mass is 79.9. The van der Waals surface area contributed by atoms with Crippen molar-refractivity contribution in [3.05, 3.63) is 70.7 Å². The third-order valence-electron chi connectivity index (χ3n) is 3.57. The summed E-state index contributed by atoms with van der Waals surface area (Å²) in [7, 11) is 0. The molecule has 2 nitrogen and oxygen atoms in total. The van der Waals surface area contributed by atoms with E-state index < -0.39 is 0 Å². The molecule has 3 rings (SSSR count). The minimum Gasteiger partial charge on any atom is -0.325 e. The quantitative estimate of drug-likeness (QED) is 0.588. The molecular weight excluding hydrogens is 370 g/mol. The molecule has 0 radical (unpaired) electrons. The van der Waals surface area contributed by atoms with E-state index in [1.165, 1.54) is 10.8 Å². The van der Waals surface area contributed by atoms with Crippen molar-refractivity contribution in [3.8, 4) is 0 Å². The largest absolute Gasteiger partial charge is 0.325 e. The number of carbonyl (C=O) groups is 1. The second kappa shape index (κ2) is 7.20. The van der Waals surface area contributed by atoms with Crippen LogP contribution in [0.15, 0.2) is 70.0 Å². The number of carbonyl (C=O) groups excluding carboxylic acids is 1. The summed E-state index contributed by atoms with van der Waals surface area (Å²) in [5.41, 5.74) is 1.90. The Kier molecular flexibility index (Phi) is 5.03. The maximum atomic E-state index is 12.2. The van der Waals surface area contributed by atoms with Gasteiger partial charge in [-0.2, -0.15) is 0 Å². The molecule has 0 saturated heterocycles. The average molecular weight is 386 g/mol. The first-order valence-electron chi connectivity index (χ1n) is 7.30. The van der Waals surface area contributed by atoms with Crippen LogP contribution < -0.4 is 5.32 Å². The number of halogens is 1. The van der Waals surface area contributed by atoms with Crippen LogP contribution in [0.25, 0.3) is 10.8 Å². The first-order chi connectivity index (χ1) is 11.1. The smallest absolute Gasteiger partial charge is 0.234 e. The van der Waals surface area contributed by atoms with Crippen LogP contribution in [0.4, 0.5) is 5.69 Å². The van der Waals surface area contributed by atoms with E-state index in [1.807, 2.05) is 43.3 Å². The lowest BCUT2D eigenvalue weighted by atomic mass is 10.1. The van der Waals surface area contributed by atoms with E-state index in [2.05, 4.69) is 45.5 Å². The molecule has 0 aliphatic carbocycles. The van der Waals surface area contributed by atoms with Gasteiger partial charge in [-0.15, -0.1) is 11.8 Å². The summed E-state index contributed by atoms with van der Waals surface area (Å²) in [5, 5.41) is 5.36. The molecule has 0 bridgehead atoms. The maximum Gasteiger partial charge on any atom is 0.234 e. The Bertz CT molecular complexity index is 858. The standard InChI is InChI=1S/C19H16BrNOS/c1-13-11-15(20)9-10-17(13)21-19(22)12-23-18-8-4-6-14-5-2-3-7-16(14)18/h2-11H,12H2,1H3,(H,21,22). The zero-order chi connectivity index (χ0) is 16.2. The van der Waals surface area contributed by atoms with Crippen LogP contribution in [-0.2, 0) is 4.79 Å². The van der Waals surface area contributed by atoms with Crippen LogP contribution >= 0.6 is 27.7 Å². The Hall–Kier alpha value is -1.78. The normalized spacial score (nSPS) is 10.7. The summed E-state index contributed by atoms with van der Waals surface area (Å²) in [6.45, 7) is 1.98. The molecule has 0 aliphatic rings. The molecule has 4 heteroatoms. The number of anilines is 1. The number of hydrogen-bond acceptors (Lipinski definition) is 2. The molecule has 1 amide bonds. The maximum absolute atomic E-state index is 12.2. The molecule has 0 spiro atoms. The number of amides is 1. The van der Waals surface area contributed by atoms with Crippen molar-refractivity contribution in [2.45, 2.75) is 11.8 Å². The molecule has 116 valence electrons. The molecule has 0 unspecified atom stereocenters. The molecule has 0 saturated carbocycles. The summed E-state index contributed by atoms with van der Waals surface area (Å²) in [4.78, 5) is 13.3. The van der Waals surface area contributed by atoms with Crippen molar-refractivity contribution in [3.63, 3.8) is 0 Å². The summed E-state index contributed by atoms with van der Waals surface area (Å²) < 4.78 is 1.01. The topological polar surface area (TPSA) is 29.1 Å². The summed E-state index contributed by atoms with van der Waals surface area (Å²) in [6, 6.07) is 20.3. The van der Waals surface area contributed by atoms with Crippen molar-refractivity contribution < 1.29 is 4.79 Å². The van der Waals surface area contributed by atoms with Crippen LogP contribution in [0, 0.1) is 6.92 Å². The van der Waals surface area contributed by atoms with Crippen molar-refractivity contribution in [1.29, 1.82) is 0 Å². The third kappa shape index (κ3) is 3.95. The average Bonchev–Trinajstić information content (AvgIpc) is 2.55. The lowest BCUT2D eigenvalue weighted by Gasteiger charge is -2.09. The number of thioether (sulfide) groups is 1. The SMILES string of the molecule is Cc1cc(Br)ccc1NC(=O)CSc1cccc2ccccc12. The number of fused-ring (bicyclic) bond motifs is 1. The van der Waals surface area contributed by atoms with Gasteiger partial charge in [-0.25, -0.2) is 0 Å². The van der Waals surface area contributed by atoms with E-state index in [0.29, 0.717) is 5.75 Å². The van der Waals surface area contributed by atoms with Gasteiger partial charge in [0.1, 0.15) is 0 Å². The van der Waals surface area contributed by atoms with Crippen LogP contribution in [0.1, 0.15) is 5.56 Å². The van der Waals surface area contributed by atoms with Crippen LogP contribution in [0.3, 0.4) is 0 Å². The van der Waals surface area contributed by atoms with Gasteiger partial charge in [0, 0.05) is 15.1 Å². The summed E-state index contributed by atoms with van der Waals surface area (Å²) >= 11 is 4.99.